The highest BCUT2D eigenvalue weighted by Gasteiger charge is 2.23. The number of hydrogen-bond acceptors (Lipinski definition) is 3. The first-order chi connectivity index (χ1) is 10.0. The minimum absolute atomic E-state index is 0.0406. The summed E-state index contributed by atoms with van der Waals surface area (Å²) >= 11 is 0. The van der Waals surface area contributed by atoms with E-state index in [4.69, 9.17) is 0 Å². The fraction of sp³-hybridized carbons (Fsp3) is 0.500. The molecule has 0 spiro atoms. The second-order valence-electron chi connectivity index (χ2n) is 5.66. The number of benzene rings is 1. The molecule has 2 amide bonds. The Morgan fingerprint density at radius 2 is 1.81 bits per heavy atom. The SMILES string of the molecule is CNC1CCCN(C(=O)c2ccc(C(=O)N(C)C)cc2)C1. The van der Waals surface area contributed by atoms with Gasteiger partial charge in [0.1, 0.15) is 0 Å². The van der Waals surface area contributed by atoms with Crippen LogP contribution in [0.1, 0.15) is 33.6 Å². The van der Waals surface area contributed by atoms with Crippen molar-refractivity contribution in [3.8, 4) is 0 Å². The van der Waals surface area contributed by atoms with Crippen LogP contribution < -0.4 is 5.32 Å². The lowest BCUT2D eigenvalue weighted by Gasteiger charge is -2.32. The summed E-state index contributed by atoms with van der Waals surface area (Å²) in [6.45, 7) is 1.54. The first-order valence-corrected chi connectivity index (χ1v) is 7.31. The minimum atomic E-state index is -0.0535. The molecule has 0 aromatic heterocycles. The van der Waals surface area contributed by atoms with Crippen molar-refractivity contribution >= 4 is 11.8 Å². The average Bonchev–Trinajstić information content (AvgIpc) is 2.53. The molecule has 1 aromatic carbocycles. The third-order valence-electron chi connectivity index (χ3n) is 3.90. The van der Waals surface area contributed by atoms with Crippen LogP contribution in [0.2, 0.25) is 0 Å². The molecular weight excluding hydrogens is 266 g/mol. The van der Waals surface area contributed by atoms with Crippen molar-refractivity contribution in [2.75, 3.05) is 34.2 Å². The Labute approximate surface area is 125 Å². The van der Waals surface area contributed by atoms with Gasteiger partial charge in [0, 0.05) is 44.4 Å². The Balaban J connectivity index is 2.07. The molecule has 0 aliphatic carbocycles. The van der Waals surface area contributed by atoms with E-state index in [1.807, 2.05) is 11.9 Å². The Kier molecular flexibility index (Phi) is 4.96. The number of amides is 2. The number of carbonyl (C=O) groups is 2. The molecule has 1 N–H and O–H groups in total. The van der Waals surface area contributed by atoms with Crippen LogP contribution in [-0.2, 0) is 0 Å². The maximum absolute atomic E-state index is 12.5. The van der Waals surface area contributed by atoms with Gasteiger partial charge in [0.15, 0.2) is 0 Å². The highest BCUT2D eigenvalue weighted by molar-refractivity contribution is 5.97. The summed E-state index contributed by atoms with van der Waals surface area (Å²) in [5, 5.41) is 3.23. The first-order valence-electron chi connectivity index (χ1n) is 7.31. The highest BCUT2D eigenvalue weighted by atomic mass is 16.2. The molecule has 1 aromatic rings. The summed E-state index contributed by atoms with van der Waals surface area (Å²) in [5.74, 6) is -0.0129. The van der Waals surface area contributed by atoms with E-state index in [2.05, 4.69) is 5.32 Å². The summed E-state index contributed by atoms with van der Waals surface area (Å²) in [7, 11) is 5.36. The van der Waals surface area contributed by atoms with Crippen LogP contribution in [0.3, 0.4) is 0 Å². The van der Waals surface area contributed by atoms with Crippen molar-refractivity contribution in [2.45, 2.75) is 18.9 Å². The summed E-state index contributed by atoms with van der Waals surface area (Å²) in [6.07, 6.45) is 2.13. The van der Waals surface area contributed by atoms with Crippen LogP contribution in [-0.4, -0.2) is 61.9 Å². The molecule has 1 saturated heterocycles. The summed E-state index contributed by atoms with van der Waals surface area (Å²) in [5.41, 5.74) is 1.24. The number of likely N-dealkylation sites (tertiary alicyclic amines) is 1. The summed E-state index contributed by atoms with van der Waals surface area (Å²) in [6, 6.07) is 7.28. The number of nitrogens with zero attached hydrogens (tertiary/aromatic N) is 2. The number of rotatable bonds is 3. The molecule has 1 aliphatic rings. The molecule has 5 nitrogen and oxygen atoms in total. The maximum atomic E-state index is 12.5. The van der Waals surface area contributed by atoms with Gasteiger partial charge in [-0.25, -0.2) is 0 Å². The van der Waals surface area contributed by atoms with E-state index in [0.717, 1.165) is 25.9 Å². The van der Waals surface area contributed by atoms with Crippen molar-refractivity contribution in [2.24, 2.45) is 0 Å². The lowest BCUT2D eigenvalue weighted by atomic mass is 10.0. The van der Waals surface area contributed by atoms with Gasteiger partial charge in [-0.3, -0.25) is 9.59 Å². The van der Waals surface area contributed by atoms with Gasteiger partial charge in [0.25, 0.3) is 11.8 Å². The van der Waals surface area contributed by atoms with E-state index in [9.17, 15) is 9.59 Å². The molecule has 0 saturated carbocycles. The van der Waals surface area contributed by atoms with E-state index in [1.165, 1.54) is 4.90 Å². The van der Waals surface area contributed by atoms with Gasteiger partial charge in [-0.1, -0.05) is 0 Å². The molecule has 2 rings (SSSR count). The van der Waals surface area contributed by atoms with Crippen LogP contribution in [0.4, 0.5) is 0 Å². The highest BCUT2D eigenvalue weighted by Crippen LogP contribution is 2.14. The smallest absolute Gasteiger partial charge is 0.253 e. The quantitative estimate of drug-likeness (QED) is 0.910. The van der Waals surface area contributed by atoms with Gasteiger partial charge in [0.2, 0.25) is 0 Å². The van der Waals surface area contributed by atoms with Gasteiger partial charge >= 0.3 is 0 Å². The zero-order chi connectivity index (χ0) is 15.4. The minimum Gasteiger partial charge on any atom is -0.345 e. The third kappa shape index (κ3) is 3.61. The van der Waals surface area contributed by atoms with Gasteiger partial charge in [-0.05, 0) is 44.2 Å². The number of nitrogens with one attached hydrogen (secondary N) is 1. The third-order valence-corrected chi connectivity index (χ3v) is 3.90. The van der Waals surface area contributed by atoms with Crippen LogP contribution in [0.15, 0.2) is 24.3 Å². The lowest BCUT2D eigenvalue weighted by molar-refractivity contribution is 0.0697. The van der Waals surface area contributed by atoms with E-state index in [-0.39, 0.29) is 11.8 Å². The van der Waals surface area contributed by atoms with E-state index < -0.39 is 0 Å². The molecule has 1 atom stereocenters. The number of likely N-dealkylation sites (N-methyl/N-ethyl adjacent to an activating group) is 1. The van der Waals surface area contributed by atoms with Gasteiger partial charge < -0.3 is 15.1 Å². The normalized spacial score (nSPS) is 18.4. The van der Waals surface area contributed by atoms with Crippen molar-refractivity contribution in [1.29, 1.82) is 0 Å². The van der Waals surface area contributed by atoms with Crippen LogP contribution in [0.25, 0.3) is 0 Å². The molecule has 1 unspecified atom stereocenters. The molecule has 0 radical (unpaired) electrons. The predicted molar refractivity (Wildman–Crippen MR) is 82.4 cm³/mol. The predicted octanol–water partition coefficient (Wildman–Crippen LogP) is 1.21. The Hall–Kier alpha value is -1.88. The maximum Gasteiger partial charge on any atom is 0.253 e. The topological polar surface area (TPSA) is 52.7 Å². The zero-order valence-corrected chi connectivity index (χ0v) is 12.9. The van der Waals surface area contributed by atoms with Crippen molar-refractivity contribution in [3.63, 3.8) is 0 Å². The standard InChI is InChI=1S/C16H23N3O2/c1-17-14-5-4-10-19(11-14)16(21)13-8-6-12(7-9-13)15(20)18(2)3/h6-9,14,17H,4-5,10-11H2,1-3H3. The van der Waals surface area contributed by atoms with Crippen LogP contribution >= 0.6 is 0 Å². The first kappa shape index (κ1) is 15.5. The molecule has 1 fully saturated rings. The summed E-state index contributed by atoms with van der Waals surface area (Å²) in [4.78, 5) is 27.7. The van der Waals surface area contributed by atoms with Crippen LogP contribution in [0, 0.1) is 0 Å². The van der Waals surface area contributed by atoms with Gasteiger partial charge in [-0.15, -0.1) is 0 Å². The van der Waals surface area contributed by atoms with Crippen molar-refractivity contribution in [1.82, 2.24) is 15.1 Å². The molecule has 0 bridgehead atoms. The Morgan fingerprint density at radius 3 is 2.38 bits per heavy atom. The lowest BCUT2D eigenvalue weighted by Crippen LogP contribution is -2.46. The monoisotopic (exact) mass is 289 g/mol. The molecule has 21 heavy (non-hydrogen) atoms. The zero-order valence-electron chi connectivity index (χ0n) is 12.9. The van der Waals surface area contributed by atoms with Gasteiger partial charge in [-0.2, -0.15) is 0 Å². The fourth-order valence-electron chi connectivity index (χ4n) is 2.59. The molecule has 114 valence electrons. The second-order valence-corrected chi connectivity index (χ2v) is 5.66. The van der Waals surface area contributed by atoms with Crippen molar-refractivity contribution < 1.29 is 9.59 Å². The molecular formula is C16H23N3O2. The molecule has 1 heterocycles. The Morgan fingerprint density at radius 1 is 1.19 bits per heavy atom. The van der Waals surface area contributed by atoms with Crippen LogP contribution in [0.5, 0.6) is 0 Å². The number of piperidine rings is 1. The second kappa shape index (κ2) is 6.72. The van der Waals surface area contributed by atoms with E-state index in [0.29, 0.717) is 17.2 Å². The number of carbonyl (C=O) groups excluding carboxylic acids is 2. The summed E-state index contributed by atoms with van der Waals surface area (Å²) < 4.78 is 0. The van der Waals surface area contributed by atoms with E-state index in [1.54, 1.807) is 38.4 Å². The average molecular weight is 289 g/mol. The van der Waals surface area contributed by atoms with Gasteiger partial charge in [0.05, 0.1) is 0 Å². The molecule has 1 aliphatic heterocycles. The number of hydrogen-bond donors (Lipinski definition) is 1. The van der Waals surface area contributed by atoms with E-state index >= 15 is 0 Å². The fourth-order valence-corrected chi connectivity index (χ4v) is 2.59. The largest absolute Gasteiger partial charge is 0.345 e. The Bertz CT molecular complexity index is 511. The molecule has 5 heteroatoms. The van der Waals surface area contributed by atoms with Crippen molar-refractivity contribution in [3.05, 3.63) is 35.4 Å².